The fraction of sp³-hybridized carbons (Fsp3) is 0.400. The lowest BCUT2D eigenvalue weighted by atomic mass is 9.98. The number of alkyl halides is 3. The van der Waals surface area contributed by atoms with Crippen molar-refractivity contribution in [3.8, 4) is 11.1 Å². The molecule has 1 atom stereocenters. The third-order valence-electron chi connectivity index (χ3n) is 5.99. The van der Waals surface area contributed by atoms with Gasteiger partial charge in [-0.3, -0.25) is 9.59 Å². The second-order valence-corrected chi connectivity index (χ2v) is 8.96. The van der Waals surface area contributed by atoms with Crippen molar-refractivity contribution in [2.45, 2.75) is 44.3 Å². The molecule has 0 saturated heterocycles. The molecule has 0 spiro atoms. The normalized spacial score (nSPS) is 14.0. The van der Waals surface area contributed by atoms with Gasteiger partial charge in [-0.15, -0.1) is 0 Å². The highest BCUT2D eigenvalue weighted by molar-refractivity contribution is 5.89. The third kappa shape index (κ3) is 6.32. The number of nitrogens with one attached hydrogen (secondary N) is 2. The smallest absolute Gasteiger partial charge is 0.408 e. The van der Waals surface area contributed by atoms with Crippen molar-refractivity contribution in [1.82, 2.24) is 10.6 Å². The Bertz CT molecular complexity index is 1060. The van der Waals surface area contributed by atoms with E-state index >= 15 is 0 Å². The van der Waals surface area contributed by atoms with Gasteiger partial charge < -0.3 is 20.5 Å². The summed E-state index contributed by atoms with van der Waals surface area (Å²) in [6.07, 6.45) is -7.22. The Morgan fingerprint density at radius 2 is 1.54 bits per heavy atom. The molecule has 2 aromatic carbocycles. The number of alkyl carbamates (subject to hydrolysis) is 1. The van der Waals surface area contributed by atoms with E-state index in [1.165, 1.54) is 13.8 Å². The molecule has 0 fully saturated rings. The van der Waals surface area contributed by atoms with E-state index in [0.29, 0.717) is 0 Å². The molecule has 1 aliphatic carbocycles. The zero-order valence-electron chi connectivity index (χ0n) is 19.3. The highest BCUT2D eigenvalue weighted by Gasteiger charge is 2.41. The molecular weight excluding hydrogens is 465 g/mol. The summed E-state index contributed by atoms with van der Waals surface area (Å²) in [5, 5.41) is 13.4. The predicted molar refractivity (Wildman–Crippen MR) is 122 cm³/mol. The van der Waals surface area contributed by atoms with Gasteiger partial charge in [-0.25, -0.2) is 4.79 Å². The highest BCUT2D eigenvalue weighted by Crippen LogP contribution is 2.44. The van der Waals surface area contributed by atoms with Crippen LogP contribution in [0.2, 0.25) is 0 Å². The summed E-state index contributed by atoms with van der Waals surface area (Å²) in [6, 6.07) is 15.6. The second kappa shape index (κ2) is 10.4. The first-order valence-corrected chi connectivity index (χ1v) is 11.1. The zero-order chi connectivity index (χ0) is 25.8. The average Bonchev–Trinajstić information content (AvgIpc) is 3.09. The van der Waals surface area contributed by atoms with Gasteiger partial charge in [0.05, 0.1) is 12.3 Å². The van der Waals surface area contributed by atoms with Crippen LogP contribution in [0.1, 0.15) is 43.7 Å². The molecule has 7 nitrogen and oxygen atoms in total. The van der Waals surface area contributed by atoms with Gasteiger partial charge in [0.25, 0.3) is 0 Å². The molecule has 2 amide bonds. The van der Waals surface area contributed by atoms with Crippen LogP contribution in [0, 0.1) is 5.92 Å². The molecule has 3 N–H and O–H groups in total. The van der Waals surface area contributed by atoms with E-state index in [1.807, 2.05) is 48.5 Å². The molecule has 0 radical (unpaired) electrons. The van der Waals surface area contributed by atoms with Crippen LogP contribution in [-0.4, -0.2) is 47.9 Å². The molecule has 1 aliphatic rings. The Kier molecular flexibility index (Phi) is 7.72. The number of amides is 2. The number of carbonyl (C=O) groups is 3. The number of carboxylic acid groups (broad SMARTS) is 1. The SMILES string of the molecule is CC(C)(NC(=O)OCC1c2ccccc2-c2ccccc21)C(=O)NCCC(CC(=O)O)C(F)(F)F. The van der Waals surface area contributed by atoms with Crippen LogP contribution < -0.4 is 10.6 Å². The summed E-state index contributed by atoms with van der Waals surface area (Å²) < 4.78 is 44.3. The Morgan fingerprint density at radius 1 is 1.00 bits per heavy atom. The Morgan fingerprint density at radius 3 is 2.06 bits per heavy atom. The molecule has 10 heteroatoms. The molecule has 35 heavy (non-hydrogen) atoms. The van der Waals surface area contributed by atoms with Crippen LogP contribution in [0.25, 0.3) is 11.1 Å². The quantitative estimate of drug-likeness (QED) is 0.479. The molecular formula is C25H27F3N2O5. The number of ether oxygens (including phenoxy) is 1. The first kappa shape index (κ1) is 26.1. The van der Waals surface area contributed by atoms with Gasteiger partial charge in [-0.1, -0.05) is 48.5 Å². The zero-order valence-corrected chi connectivity index (χ0v) is 19.3. The van der Waals surface area contributed by atoms with Crippen LogP contribution in [0.15, 0.2) is 48.5 Å². The molecule has 0 aromatic heterocycles. The van der Waals surface area contributed by atoms with Crippen LogP contribution >= 0.6 is 0 Å². The van der Waals surface area contributed by atoms with Gasteiger partial charge in [0.1, 0.15) is 12.1 Å². The molecule has 1 unspecified atom stereocenters. The fourth-order valence-electron chi connectivity index (χ4n) is 4.12. The summed E-state index contributed by atoms with van der Waals surface area (Å²) in [6.45, 7) is 2.43. The van der Waals surface area contributed by atoms with Gasteiger partial charge in [0.2, 0.25) is 5.91 Å². The minimum atomic E-state index is -4.70. The van der Waals surface area contributed by atoms with Crippen LogP contribution in [0.3, 0.4) is 0 Å². The summed E-state index contributed by atoms with van der Waals surface area (Å²) in [7, 11) is 0. The number of carbonyl (C=O) groups excluding carboxylic acids is 2. The van der Waals surface area contributed by atoms with Crippen molar-refractivity contribution in [3.05, 3.63) is 59.7 Å². The molecule has 0 bridgehead atoms. The van der Waals surface area contributed by atoms with Crippen molar-refractivity contribution < 1.29 is 37.4 Å². The number of aliphatic carboxylic acids is 1. The topological polar surface area (TPSA) is 105 Å². The van der Waals surface area contributed by atoms with Crippen molar-refractivity contribution >= 4 is 18.0 Å². The van der Waals surface area contributed by atoms with Crippen LogP contribution in [0.4, 0.5) is 18.0 Å². The van der Waals surface area contributed by atoms with E-state index in [1.54, 1.807) is 0 Å². The Balaban J connectivity index is 1.54. The monoisotopic (exact) mass is 492 g/mol. The second-order valence-electron chi connectivity index (χ2n) is 8.96. The maximum absolute atomic E-state index is 13.0. The van der Waals surface area contributed by atoms with Crippen LogP contribution in [-0.2, 0) is 14.3 Å². The number of hydrogen-bond donors (Lipinski definition) is 3. The number of carboxylic acids is 1. The van der Waals surface area contributed by atoms with Crippen molar-refractivity contribution in [1.29, 1.82) is 0 Å². The van der Waals surface area contributed by atoms with Gasteiger partial charge in [-0.2, -0.15) is 13.2 Å². The van der Waals surface area contributed by atoms with E-state index in [0.717, 1.165) is 22.3 Å². The summed E-state index contributed by atoms with van der Waals surface area (Å²) in [5.74, 6) is -4.55. The lowest BCUT2D eigenvalue weighted by Gasteiger charge is -2.26. The van der Waals surface area contributed by atoms with Crippen molar-refractivity contribution in [3.63, 3.8) is 0 Å². The lowest BCUT2D eigenvalue weighted by Crippen LogP contribution is -2.55. The number of hydrogen-bond acceptors (Lipinski definition) is 4. The van der Waals surface area contributed by atoms with E-state index in [-0.39, 0.29) is 12.5 Å². The minimum Gasteiger partial charge on any atom is -0.481 e. The van der Waals surface area contributed by atoms with Gasteiger partial charge in [0, 0.05) is 12.5 Å². The summed E-state index contributed by atoms with van der Waals surface area (Å²) in [4.78, 5) is 35.6. The first-order valence-electron chi connectivity index (χ1n) is 11.1. The number of benzene rings is 2. The standard InChI is InChI=1S/C25H27F3N2O5/c1-24(2,22(33)29-12-11-15(13-21(31)32)25(26,27)28)30-23(34)35-14-20-18-9-5-3-7-16(18)17-8-4-6-10-19(17)20/h3-10,15,20H,11-14H2,1-2H3,(H,29,33)(H,30,34)(H,31,32). The largest absolute Gasteiger partial charge is 0.481 e. The van der Waals surface area contributed by atoms with E-state index in [4.69, 9.17) is 9.84 Å². The Hall–Kier alpha value is -3.56. The number of halogens is 3. The van der Waals surface area contributed by atoms with Gasteiger partial charge in [0.15, 0.2) is 0 Å². The predicted octanol–water partition coefficient (Wildman–Crippen LogP) is 4.46. The lowest BCUT2D eigenvalue weighted by molar-refractivity contribution is -0.184. The maximum atomic E-state index is 13.0. The van der Waals surface area contributed by atoms with Crippen molar-refractivity contribution in [2.75, 3.05) is 13.2 Å². The molecule has 2 aromatic rings. The first-order chi connectivity index (χ1) is 16.4. The van der Waals surface area contributed by atoms with E-state index < -0.39 is 55.0 Å². The third-order valence-corrected chi connectivity index (χ3v) is 5.99. The van der Waals surface area contributed by atoms with Crippen LogP contribution in [0.5, 0.6) is 0 Å². The summed E-state index contributed by atoms with van der Waals surface area (Å²) >= 11 is 0. The van der Waals surface area contributed by atoms with Gasteiger partial charge in [-0.05, 0) is 42.5 Å². The van der Waals surface area contributed by atoms with Gasteiger partial charge >= 0.3 is 18.2 Å². The fourth-order valence-corrected chi connectivity index (χ4v) is 4.12. The molecule has 0 aliphatic heterocycles. The minimum absolute atomic E-state index is 0.0417. The number of fused-ring (bicyclic) bond motifs is 3. The average molecular weight is 492 g/mol. The molecule has 0 heterocycles. The molecule has 188 valence electrons. The molecule has 3 rings (SSSR count). The Labute approximate surface area is 200 Å². The van der Waals surface area contributed by atoms with Crippen molar-refractivity contribution in [2.24, 2.45) is 5.92 Å². The van der Waals surface area contributed by atoms with E-state index in [9.17, 15) is 27.6 Å². The highest BCUT2D eigenvalue weighted by atomic mass is 19.4. The molecule has 0 saturated carbocycles. The summed E-state index contributed by atoms with van der Waals surface area (Å²) in [5.41, 5.74) is 2.72. The maximum Gasteiger partial charge on any atom is 0.408 e. The van der Waals surface area contributed by atoms with E-state index in [2.05, 4.69) is 10.6 Å². The number of rotatable bonds is 9.